The van der Waals surface area contributed by atoms with Gasteiger partial charge in [0.2, 0.25) is 0 Å². The quantitative estimate of drug-likeness (QED) is 0.299. The summed E-state index contributed by atoms with van der Waals surface area (Å²) >= 11 is 0. The van der Waals surface area contributed by atoms with E-state index < -0.39 is 0 Å². The van der Waals surface area contributed by atoms with E-state index in [0.717, 1.165) is 27.9 Å². The molecule has 0 saturated carbocycles. The molecule has 0 spiro atoms. The Morgan fingerprint density at radius 1 is 1.10 bits per heavy atom. The highest BCUT2D eigenvalue weighted by atomic mass is 16.5. The number of fused-ring (bicyclic) bond motifs is 1. The highest BCUT2D eigenvalue weighted by Gasteiger charge is 2.24. The second-order valence-electron chi connectivity index (χ2n) is 9.45. The lowest BCUT2D eigenvalue weighted by atomic mass is 9.99. The van der Waals surface area contributed by atoms with Crippen molar-refractivity contribution in [3.63, 3.8) is 0 Å². The average Bonchev–Trinajstić information content (AvgIpc) is 3.59. The molecule has 0 bridgehead atoms. The van der Waals surface area contributed by atoms with Crippen LogP contribution in [-0.4, -0.2) is 34.5 Å². The molecule has 40 heavy (non-hydrogen) atoms. The number of aryl methyl sites for hydroxylation is 2. The van der Waals surface area contributed by atoms with Crippen molar-refractivity contribution < 1.29 is 4.52 Å². The average molecular weight is 534 g/mol. The minimum absolute atomic E-state index is 0.131. The van der Waals surface area contributed by atoms with Crippen molar-refractivity contribution in [1.29, 1.82) is 0 Å². The third-order valence-electron chi connectivity index (χ3n) is 6.80. The van der Waals surface area contributed by atoms with Crippen LogP contribution >= 0.6 is 0 Å². The van der Waals surface area contributed by atoms with E-state index in [4.69, 9.17) is 10.3 Å². The van der Waals surface area contributed by atoms with Crippen LogP contribution in [0.4, 0.5) is 11.6 Å². The zero-order valence-corrected chi connectivity index (χ0v) is 22.2. The van der Waals surface area contributed by atoms with Crippen molar-refractivity contribution in [2.75, 3.05) is 11.1 Å². The van der Waals surface area contributed by atoms with Gasteiger partial charge in [-0.1, -0.05) is 48.5 Å². The van der Waals surface area contributed by atoms with Crippen LogP contribution in [0.5, 0.6) is 0 Å². The number of nitrogens with two attached hydrogens (primary N) is 1. The molecule has 11 heteroatoms. The highest BCUT2D eigenvalue weighted by molar-refractivity contribution is 5.96. The second kappa shape index (κ2) is 10.1. The van der Waals surface area contributed by atoms with Gasteiger partial charge >= 0.3 is 0 Å². The Morgan fingerprint density at radius 3 is 2.62 bits per heavy atom. The number of para-hydroxylation sites is 1. The summed E-state index contributed by atoms with van der Waals surface area (Å²) in [7, 11) is 1.86. The van der Waals surface area contributed by atoms with Gasteiger partial charge in [0.15, 0.2) is 5.82 Å². The summed E-state index contributed by atoms with van der Waals surface area (Å²) in [5.41, 5.74) is 9.72. The van der Waals surface area contributed by atoms with Crippen LogP contribution in [0.15, 0.2) is 82.6 Å². The zero-order chi connectivity index (χ0) is 27.8. The van der Waals surface area contributed by atoms with E-state index in [0.29, 0.717) is 29.0 Å². The fourth-order valence-electron chi connectivity index (χ4n) is 4.95. The predicted octanol–water partition coefficient (Wildman–Crippen LogP) is 4.69. The lowest BCUT2D eigenvalue weighted by molar-refractivity contribution is 0.425. The summed E-state index contributed by atoms with van der Waals surface area (Å²) in [6.45, 7) is 3.76. The maximum atomic E-state index is 14.4. The number of nitrogens with one attached hydrogen (secondary N) is 1. The molecule has 0 fully saturated rings. The number of aromatic nitrogens is 7. The van der Waals surface area contributed by atoms with Gasteiger partial charge in [0.25, 0.3) is 11.4 Å². The fourth-order valence-corrected chi connectivity index (χ4v) is 4.95. The van der Waals surface area contributed by atoms with Crippen LogP contribution in [-0.2, 0) is 7.05 Å². The molecule has 6 aromatic rings. The second-order valence-corrected chi connectivity index (χ2v) is 9.45. The molecule has 0 aliphatic heterocycles. The number of nitrogens with zero attached hydrogens (tertiary/aromatic N) is 7. The first-order valence-corrected chi connectivity index (χ1v) is 12.9. The molecule has 6 rings (SSSR count). The summed E-state index contributed by atoms with van der Waals surface area (Å²) in [5.74, 6) is 1.32. The summed E-state index contributed by atoms with van der Waals surface area (Å²) < 4.78 is 8.88. The van der Waals surface area contributed by atoms with E-state index in [1.54, 1.807) is 22.4 Å². The lowest BCUT2D eigenvalue weighted by Gasteiger charge is -2.24. The number of anilines is 2. The Bertz CT molecular complexity index is 1890. The minimum atomic E-state index is -0.337. The van der Waals surface area contributed by atoms with E-state index in [9.17, 15) is 4.79 Å². The van der Waals surface area contributed by atoms with Crippen molar-refractivity contribution in [1.82, 2.24) is 34.5 Å². The van der Waals surface area contributed by atoms with Crippen LogP contribution in [0, 0.1) is 6.92 Å². The van der Waals surface area contributed by atoms with Crippen LogP contribution in [0.1, 0.15) is 30.9 Å². The Balaban J connectivity index is 1.56. The third-order valence-corrected chi connectivity index (χ3v) is 6.80. The molecule has 0 aliphatic carbocycles. The van der Waals surface area contributed by atoms with E-state index in [2.05, 4.69) is 30.5 Å². The van der Waals surface area contributed by atoms with Gasteiger partial charge in [0.05, 0.1) is 17.6 Å². The van der Waals surface area contributed by atoms with Gasteiger partial charge in [0.1, 0.15) is 23.5 Å². The van der Waals surface area contributed by atoms with Crippen LogP contribution < -0.4 is 16.6 Å². The first-order valence-electron chi connectivity index (χ1n) is 12.9. The maximum absolute atomic E-state index is 14.4. The van der Waals surface area contributed by atoms with Gasteiger partial charge in [-0.15, -0.1) is 0 Å². The topological polar surface area (TPSA) is 143 Å². The summed E-state index contributed by atoms with van der Waals surface area (Å²) in [4.78, 5) is 27.3. The number of hydrogen-bond donors (Lipinski definition) is 2. The minimum Gasteiger partial charge on any atom is -0.383 e. The molecule has 2 aromatic carbocycles. The molecule has 4 aromatic heterocycles. The highest BCUT2D eigenvalue weighted by Crippen LogP contribution is 2.34. The first-order chi connectivity index (χ1) is 19.4. The molecule has 0 radical (unpaired) electrons. The van der Waals surface area contributed by atoms with E-state index in [-0.39, 0.29) is 23.3 Å². The van der Waals surface area contributed by atoms with Crippen LogP contribution in [0.25, 0.3) is 39.0 Å². The molecule has 200 valence electrons. The molecular weight excluding hydrogens is 506 g/mol. The molecular formula is C29H27N9O2. The molecule has 11 nitrogen and oxygen atoms in total. The number of hydrogen-bond acceptors (Lipinski definition) is 9. The van der Waals surface area contributed by atoms with Gasteiger partial charge in [-0.3, -0.25) is 14.0 Å². The Kier molecular flexibility index (Phi) is 6.31. The van der Waals surface area contributed by atoms with Gasteiger partial charge < -0.3 is 15.6 Å². The first kappa shape index (κ1) is 25.0. The van der Waals surface area contributed by atoms with Gasteiger partial charge in [-0.2, -0.15) is 10.1 Å². The summed E-state index contributed by atoms with van der Waals surface area (Å²) in [6, 6.07) is 17.2. The maximum Gasteiger partial charge on any atom is 0.265 e. The van der Waals surface area contributed by atoms with Crippen LogP contribution in [0.2, 0.25) is 0 Å². The molecule has 1 unspecified atom stereocenters. The van der Waals surface area contributed by atoms with E-state index in [1.807, 2.05) is 74.8 Å². The molecule has 0 amide bonds. The number of pyridine rings is 1. The predicted molar refractivity (Wildman–Crippen MR) is 153 cm³/mol. The lowest BCUT2D eigenvalue weighted by Crippen LogP contribution is -2.27. The number of benzene rings is 2. The molecule has 0 saturated heterocycles. The number of rotatable bonds is 7. The molecule has 4 heterocycles. The monoisotopic (exact) mass is 533 g/mol. The van der Waals surface area contributed by atoms with Crippen molar-refractivity contribution in [3.8, 4) is 28.3 Å². The van der Waals surface area contributed by atoms with Crippen LogP contribution in [0.3, 0.4) is 0 Å². The van der Waals surface area contributed by atoms with Gasteiger partial charge in [-0.25, -0.2) is 9.97 Å². The van der Waals surface area contributed by atoms with Crippen molar-refractivity contribution in [2.45, 2.75) is 26.3 Å². The van der Waals surface area contributed by atoms with Crippen molar-refractivity contribution in [2.24, 2.45) is 7.05 Å². The number of nitrogen functional groups attached to an aromatic ring is 1. The molecule has 1 atom stereocenters. The Labute approximate surface area is 229 Å². The smallest absolute Gasteiger partial charge is 0.265 e. The van der Waals surface area contributed by atoms with E-state index >= 15 is 0 Å². The zero-order valence-electron chi connectivity index (χ0n) is 22.2. The molecule has 0 aliphatic rings. The Hall–Kier alpha value is -5.32. The van der Waals surface area contributed by atoms with Crippen molar-refractivity contribution >= 4 is 22.4 Å². The standard InChI is InChI=1S/C29H27N9O2/c1-4-22(35-27-25(26(30)31-16-32-27)28-34-17(2)36-40-28)23-13-18-9-8-12-21(19-14-33-37(3)15-19)24(18)29(39)38(23)20-10-6-5-7-11-20/h5-16,22H,4H2,1-3H3,(H3,30,31,32,35). The van der Waals surface area contributed by atoms with E-state index in [1.165, 1.54) is 6.33 Å². The SMILES string of the molecule is CCC(Nc1ncnc(N)c1-c1nc(C)no1)c1cc2cccc(-c3cnn(C)c3)c2c(=O)n1-c1ccccc1. The summed E-state index contributed by atoms with van der Waals surface area (Å²) in [5, 5.41) is 13.1. The van der Waals surface area contributed by atoms with Gasteiger partial charge in [0, 0.05) is 30.2 Å². The molecule has 3 N–H and O–H groups in total. The normalized spacial score (nSPS) is 12.1. The fraction of sp³-hybridized carbons (Fsp3) is 0.172. The Morgan fingerprint density at radius 2 is 1.93 bits per heavy atom. The largest absolute Gasteiger partial charge is 0.383 e. The van der Waals surface area contributed by atoms with Gasteiger partial charge in [-0.05, 0) is 42.5 Å². The van der Waals surface area contributed by atoms with Crippen molar-refractivity contribution in [3.05, 3.63) is 95.2 Å². The summed E-state index contributed by atoms with van der Waals surface area (Å²) in [6.07, 6.45) is 5.69. The third kappa shape index (κ3) is 4.37.